The molecular weight excluding hydrogens is 338 g/mol. The lowest BCUT2D eigenvalue weighted by Crippen LogP contribution is -2.28. The van der Waals surface area contributed by atoms with Crippen molar-refractivity contribution in [3.05, 3.63) is 57.4 Å². The molecule has 0 saturated carbocycles. The van der Waals surface area contributed by atoms with Gasteiger partial charge in [0, 0.05) is 10.6 Å². The second-order valence-corrected chi connectivity index (χ2v) is 7.72. The summed E-state index contributed by atoms with van der Waals surface area (Å²) in [7, 11) is 0. The van der Waals surface area contributed by atoms with Crippen LogP contribution in [0, 0.1) is 20.8 Å². The summed E-state index contributed by atoms with van der Waals surface area (Å²) in [5.41, 5.74) is 4.04. The molecule has 0 aliphatic rings. The molecule has 0 aliphatic carbocycles. The number of nitrogens with zero attached hydrogens (tertiary/aromatic N) is 1. The van der Waals surface area contributed by atoms with Gasteiger partial charge >= 0.3 is 6.03 Å². The molecule has 0 fully saturated rings. The van der Waals surface area contributed by atoms with E-state index in [1.165, 1.54) is 0 Å². The molecule has 6 heteroatoms. The average molecular weight is 358 g/mol. The highest BCUT2D eigenvalue weighted by Gasteiger charge is 2.11. The monoisotopic (exact) mass is 357 g/mol. The summed E-state index contributed by atoms with van der Waals surface area (Å²) in [5, 5.41) is 8.84. The minimum atomic E-state index is -0.203. The highest BCUT2D eigenvalue weighted by atomic mass is 32.1. The number of thiophene rings is 1. The maximum absolute atomic E-state index is 12.1. The van der Waals surface area contributed by atoms with Gasteiger partial charge in [0.05, 0.1) is 17.1 Å². The van der Waals surface area contributed by atoms with Gasteiger partial charge in [-0.15, -0.1) is 22.7 Å². The van der Waals surface area contributed by atoms with E-state index in [1.807, 2.05) is 44.4 Å². The van der Waals surface area contributed by atoms with E-state index in [9.17, 15) is 4.79 Å². The number of rotatable bonds is 4. The molecule has 2 heterocycles. The van der Waals surface area contributed by atoms with Crippen molar-refractivity contribution in [2.24, 2.45) is 0 Å². The fourth-order valence-electron chi connectivity index (χ4n) is 2.48. The summed E-state index contributed by atoms with van der Waals surface area (Å²) in [6.07, 6.45) is 0. The molecule has 2 amide bonds. The zero-order valence-electron chi connectivity index (χ0n) is 13.8. The van der Waals surface area contributed by atoms with Crippen molar-refractivity contribution in [3.8, 4) is 9.88 Å². The number of carbonyl (C=O) groups is 1. The van der Waals surface area contributed by atoms with E-state index in [4.69, 9.17) is 0 Å². The van der Waals surface area contributed by atoms with E-state index < -0.39 is 0 Å². The number of carbonyl (C=O) groups excluding carboxylic acids is 1. The fraction of sp³-hybridized carbons (Fsp3) is 0.222. The van der Waals surface area contributed by atoms with Gasteiger partial charge in [-0.2, -0.15) is 0 Å². The van der Waals surface area contributed by atoms with Crippen LogP contribution in [0.4, 0.5) is 10.5 Å². The van der Waals surface area contributed by atoms with E-state index in [-0.39, 0.29) is 6.03 Å². The third kappa shape index (κ3) is 4.01. The standard InChI is InChI=1S/C18H19N3OS2/c1-11-7-12(2)9-14(8-11)21-18(22)19-10-16-13(3)20-17(24-16)15-5-4-6-23-15/h4-9H,10H2,1-3H3,(H2,19,21,22). The maximum Gasteiger partial charge on any atom is 0.319 e. The molecule has 0 atom stereocenters. The van der Waals surface area contributed by atoms with Gasteiger partial charge in [0.25, 0.3) is 0 Å². The van der Waals surface area contributed by atoms with Gasteiger partial charge < -0.3 is 10.6 Å². The Kier molecular flexibility index (Phi) is 4.97. The van der Waals surface area contributed by atoms with Crippen molar-refractivity contribution >= 4 is 34.4 Å². The van der Waals surface area contributed by atoms with Crippen LogP contribution in [0.3, 0.4) is 0 Å². The van der Waals surface area contributed by atoms with Crippen LogP contribution in [0.25, 0.3) is 9.88 Å². The quantitative estimate of drug-likeness (QED) is 0.681. The average Bonchev–Trinajstić information content (AvgIpc) is 3.13. The Morgan fingerprint density at radius 1 is 1.17 bits per heavy atom. The molecule has 2 N–H and O–H groups in total. The van der Waals surface area contributed by atoms with Gasteiger partial charge in [-0.05, 0) is 55.5 Å². The number of hydrogen-bond donors (Lipinski definition) is 2. The van der Waals surface area contributed by atoms with E-state index in [2.05, 4.69) is 27.8 Å². The minimum absolute atomic E-state index is 0.203. The highest BCUT2D eigenvalue weighted by molar-refractivity contribution is 7.21. The Morgan fingerprint density at radius 2 is 1.92 bits per heavy atom. The lowest BCUT2D eigenvalue weighted by atomic mass is 10.1. The van der Waals surface area contributed by atoms with Gasteiger partial charge in [-0.3, -0.25) is 0 Å². The van der Waals surface area contributed by atoms with E-state index in [1.54, 1.807) is 22.7 Å². The molecular formula is C18H19N3OS2. The van der Waals surface area contributed by atoms with E-state index >= 15 is 0 Å². The van der Waals surface area contributed by atoms with Crippen LogP contribution >= 0.6 is 22.7 Å². The number of nitrogens with one attached hydrogen (secondary N) is 2. The summed E-state index contributed by atoms with van der Waals surface area (Å²) >= 11 is 3.30. The van der Waals surface area contributed by atoms with Gasteiger partial charge in [0.15, 0.2) is 0 Å². The number of anilines is 1. The Morgan fingerprint density at radius 3 is 2.58 bits per heavy atom. The number of urea groups is 1. The summed E-state index contributed by atoms with van der Waals surface area (Å²) < 4.78 is 0. The van der Waals surface area contributed by atoms with Crippen LogP contribution in [-0.4, -0.2) is 11.0 Å². The summed E-state index contributed by atoms with van der Waals surface area (Å²) in [4.78, 5) is 19.0. The Balaban J connectivity index is 1.62. The molecule has 3 aromatic rings. The topological polar surface area (TPSA) is 54.0 Å². The molecule has 124 valence electrons. The number of benzene rings is 1. The molecule has 2 aromatic heterocycles. The van der Waals surface area contributed by atoms with Gasteiger partial charge in [-0.25, -0.2) is 9.78 Å². The zero-order chi connectivity index (χ0) is 17.1. The van der Waals surface area contributed by atoms with Gasteiger partial charge in [0.1, 0.15) is 5.01 Å². The van der Waals surface area contributed by atoms with Crippen molar-refractivity contribution in [1.82, 2.24) is 10.3 Å². The third-order valence-electron chi connectivity index (χ3n) is 3.51. The second kappa shape index (κ2) is 7.15. The largest absolute Gasteiger partial charge is 0.333 e. The Hall–Kier alpha value is -2.18. The molecule has 1 aromatic carbocycles. The first-order chi connectivity index (χ1) is 11.5. The zero-order valence-corrected chi connectivity index (χ0v) is 15.5. The highest BCUT2D eigenvalue weighted by Crippen LogP contribution is 2.30. The van der Waals surface area contributed by atoms with Crippen LogP contribution in [0.15, 0.2) is 35.7 Å². The lowest BCUT2D eigenvalue weighted by Gasteiger charge is -2.08. The van der Waals surface area contributed by atoms with Crippen molar-refractivity contribution in [1.29, 1.82) is 0 Å². The molecule has 0 radical (unpaired) electrons. The van der Waals surface area contributed by atoms with Crippen LogP contribution in [0.2, 0.25) is 0 Å². The molecule has 4 nitrogen and oxygen atoms in total. The SMILES string of the molecule is Cc1cc(C)cc(NC(=O)NCc2sc(-c3cccs3)nc2C)c1. The predicted molar refractivity (Wildman–Crippen MR) is 102 cm³/mol. The summed E-state index contributed by atoms with van der Waals surface area (Å²) in [5.74, 6) is 0. The normalized spacial score (nSPS) is 10.6. The molecule has 24 heavy (non-hydrogen) atoms. The number of hydrogen-bond acceptors (Lipinski definition) is 4. The van der Waals surface area contributed by atoms with Crippen molar-refractivity contribution < 1.29 is 4.79 Å². The molecule has 0 aliphatic heterocycles. The maximum atomic E-state index is 12.1. The molecule has 0 bridgehead atoms. The van der Waals surface area contributed by atoms with Gasteiger partial charge in [-0.1, -0.05) is 12.1 Å². The first-order valence-corrected chi connectivity index (χ1v) is 9.34. The Labute approximate surface area is 149 Å². The fourth-order valence-corrected chi connectivity index (χ4v) is 4.28. The van der Waals surface area contributed by atoms with Crippen molar-refractivity contribution in [2.45, 2.75) is 27.3 Å². The first-order valence-electron chi connectivity index (χ1n) is 7.64. The van der Waals surface area contributed by atoms with Crippen molar-refractivity contribution in [2.75, 3.05) is 5.32 Å². The lowest BCUT2D eigenvalue weighted by molar-refractivity contribution is 0.252. The van der Waals surface area contributed by atoms with Crippen LogP contribution in [0.1, 0.15) is 21.7 Å². The minimum Gasteiger partial charge on any atom is -0.333 e. The molecule has 0 spiro atoms. The summed E-state index contributed by atoms with van der Waals surface area (Å²) in [6.45, 7) is 6.49. The molecule has 0 saturated heterocycles. The third-order valence-corrected chi connectivity index (χ3v) is 5.71. The van der Waals surface area contributed by atoms with Crippen LogP contribution in [-0.2, 0) is 6.54 Å². The number of thiazole rings is 1. The molecule has 3 rings (SSSR count). The first kappa shape index (κ1) is 16.7. The number of amides is 2. The van der Waals surface area contributed by atoms with Crippen LogP contribution in [0.5, 0.6) is 0 Å². The van der Waals surface area contributed by atoms with Crippen LogP contribution < -0.4 is 10.6 Å². The van der Waals surface area contributed by atoms with E-state index in [0.717, 1.165) is 37.3 Å². The van der Waals surface area contributed by atoms with Crippen molar-refractivity contribution in [3.63, 3.8) is 0 Å². The Bertz CT molecular complexity index is 833. The number of aromatic nitrogens is 1. The predicted octanol–water partition coefficient (Wildman–Crippen LogP) is 5.12. The smallest absolute Gasteiger partial charge is 0.319 e. The second-order valence-electron chi connectivity index (χ2n) is 5.69. The summed E-state index contributed by atoms with van der Waals surface area (Å²) in [6, 6.07) is 9.87. The molecule has 0 unspecified atom stereocenters. The van der Waals surface area contributed by atoms with Gasteiger partial charge in [0.2, 0.25) is 0 Å². The number of aryl methyl sites for hydroxylation is 3. The van der Waals surface area contributed by atoms with E-state index in [0.29, 0.717) is 6.54 Å².